The van der Waals surface area contributed by atoms with Crippen LogP contribution in [0.5, 0.6) is 11.5 Å². The Morgan fingerprint density at radius 2 is 1.93 bits per heavy atom. The van der Waals surface area contributed by atoms with Crippen molar-refractivity contribution < 1.29 is 9.47 Å². The highest BCUT2D eigenvalue weighted by Gasteiger charge is 2.32. The van der Waals surface area contributed by atoms with E-state index in [9.17, 15) is 0 Å². The van der Waals surface area contributed by atoms with Crippen molar-refractivity contribution in [1.82, 2.24) is 25.1 Å². The number of hydrogen-bond acceptors (Lipinski definition) is 6. The summed E-state index contributed by atoms with van der Waals surface area (Å²) in [6.45, 7) is 5.80. The quantitative estimate of drug-likeness (QED) is 0.712. The van der Waals surface area contributed by atoms with Crippen molar-refractivity contribution in [3.63, 3.8) is 0 Å². The summed E-state index contributed by atoms with van der Waals surface area (Å²) in [5.41, 5.74) is 3.67. The number of fused-ring (bicyclic) bond motifs is 2. The second-order valence-electron chi connectivity index (χ2n) is 7.03. The van der Waals surface area contributed by atoms with E-state index in [0.717, 1.165) is 42.5 Å². The monoisotopic (exact) mass is 363 g/mol. The third kappa shape index (κ3) is 3.04. The third-order valence-electron chi connectivity index (χ3n) is 5.12. The summed E-state index contributed by atoms with van der Waals surface area (Å²) in [4.78, 5) is 2.42. The molecule has 0 saturated carbocycles. The Kier molecular flexibility index (Phi) is 4.01. The number of rotatable bonds is 3. The SMILES string of the molecule is Cc1cccc(CN2CCn3nnnc3C2c2ccc3c(c2)OCCO3)c1. The van der Waals surface area contributed by atoms with Crippen molar-refractivity contribution in [2.24, 2.45) is 0 Å². The van der Waals surface area contributed by atoms with E-state index in [1.165, 1.54) is 11.1 Å². The third-order valence-corrected chi connectivity index (χ3v) is 5.12. The molecular weight excluding hydrogens is 342 g/mol. The van der Waals surface area contributed by atoms with E-state index in [-0.39, 0.29) is 6.04 Å². The first-order valence-electron chi connectivity index (χ1n) is 9.23. The first-order valence-corrected chi connectivity index (χ1v) is 9.23. The zero-order valence-electron chi connectivity index (χ0n) is 15.2. The molecule has 7 heteroatoms. The molecule has 2 aromatic carbocycles. The Morgan fingerprint density at radius 1 is 1.04 bits per heavy atom. The minimum absolute atomic E-state index is 0.0231. The van der Waals surface area contributed by atoms with Gasteiger partial charge in [-0.3, -0.25) is 4.90 Å². The molecule has 0 saturated heterocycles. The van der Waals surface area contributed by atoms with Gasteiger partial charge in [0.2, 0.25) is 0 Å². The molecule has 0 fully saturated rings. The smallest absolute Gasteiger partial charge is 0.173 e. The summed E-state index contributed by atoms with van der Waals surface area (Å²) >= 11 is 0. The zero-order valence-corrected chi connectivity index (χ0v) is 15.2. The molecule has 1 aromatic heterocycles. The van der Waals surface area contributed by atoms with Gasteiger partial charge in [0.05, 0.1) is 12.6 Å². The van der Waals surface area contributed by atoms with Crippen molar-refractivity contribution >= 4 is 0 Å². The van der Waals surface area contributed by atoms with Crippen molar-refractivity contribution in [2.75, 3.05) is 19.8 Å². The first-order chi connectivity index (χ1) is 13.3. The summed E-state index contributed by atoms with van der Waals surface area (Å²) in [6.07, 6.45) is 0. The van der Waals surface area contributed by atoms with Crippen LogP contribution in [0.2, 0.25) is 0 Å². The Hall–Kier alpha value is -2.93. The number of benzene rings is 2. The molecule has 0 radical (unpaired) electrons. The first kappa shape index (κ1) is 16.3. The van der Waals surface area contributed by atoms with E-state index in [2.05, 4.69) is 63.7 Å². The maximum Gasteiger partial charge on any atom is 0.173 e. The minimum Gasteiger partial charge on any atom is -0.486 e. The van der Waals surface area contributed by atoms with Gasteiger partial charge in [-0.15, -0.1) is 5.10 Å². The normalized spacial score (nSPS) is 18.9. The molecule has 1 unspecified atom stereocenters. The van der Waals surface area contributed by atoms with Crippen LogP contribution < -0.4 is 9.47 Å². The lowest BCUT2D eigenvalue weighted by Gasteiger charge is -2.35. The summed E-state index contributed by atoms with van der Waals surface area (Å²) in [6, 6.07) is 14.8. The minimum atomic E-state index is -0.0231. The van der Waals surface area contributed by atoms with E-state index in [4.69, 9.17) is 9.47 Å². The highest BCUT2D eigenvalue weighted by Crippen LogP contribution is 2.37. The summed E-state index contributed by atoms with van der Waals surface area (Å²) in [7, 11) is 0. The molecule has 1 atom stereocenters. The molecule has 3 aromatic rings. The molecule has 0 bridgehead atoms. The molecule has 2 aliphatic heterocycles. The van der Waals surface area contributed by atoms with Crippen LogP contribution in [0.15, 0.2) is 42.5 Å². The van der Waals surface area contributed by atoms with Gasteiger partial charge in [-0.2, -0.15) is 0 Å². The molecular formula is C20H21N5O2. The van der Waals surface area contributed by atoms with Gasteiger partial charge in [-0.1, -0.05) is 35.9 Å². The molecule has 0 N–H and O–H groups in total. The van der Waals surface area contributed by atoms with Crippen LogP contribution in [0.1, 0.15) is 28.6 Å². The zero-order chi connectivity index (χ0) is 18.2. The molecule has 3 heterocycles. The number of nitrogens with zero attached hydrogens (tertiary/aromatic N) is 5. The van der Waals surface area contributed by atoms with Gasteiger partial charge in [0, 0.05) is 13.1 Å². The summed E-state index contributed by atoms with van der Waals surface area (Å²) < 4.78 is 13.4. The number of aryl methyl sites for hydroxylation is 1. The van der Waals surface area contributed by atoms with Crippen LogP contribution >= 0.6 is 0 Å². The lowest BCUT2D eigenvalue weighted by Crippen LogP contribution is -2.39. The molecule has 0 aliphatic carbocycles. The largest absolute Gasteiger partial charge is 0.486 e. The van der Waals surface area contributed by atoms with Crippen LogP contribution in [-0.4, -0.2) is 44.9 Å². The highest BCUT2D eigenvalue weighted by atomic mass is 16.6. The number of ether oxygens (including phenoxy) is 2. The van der Waals surface area contributed by atoms with E-state index in [1.807, 2.05) is 10.7 Å². The Morgan fingerprint density at radius 3 is 2.81 bits per heavy atom. The Bertz CT molecular complexity index is 971. The van der Waals surface area contributed by atoms with Gasteiger partial charge in [0.15, 0.2) is 17.3 Å². The Balaban J connectivity index is 1.53. The second kappa shape index (κ2) is 6.66. The van der Waals surface area contributed by atoms with Gasteiger partial charge in [0.25, 0.3) is 0 Å². The van der Waals surface area contributed by atoms with Crippen LogP contribution in [0, 0.1) is 6.92 Å². The number of tetrazole rings is 1. The van der Waals surface area contributed by atoms with Crippen molar-refractivity contribution in [3.05, 3.63) is 65.0 Å². The van der Waals surface area contributed by atoms with Gasteiger partial charge in [-0.25, -0.2) is 4.68 Å². The van der Waals surface area contributed by atoms with Gasteiger partial charge >= 0.3 is 0 Å². The molecule has 5 rings (SSSR count). The molecule has 27 heavy (non-hydrogen) atoms. The molecule has 7 nitrogen and oxygen atoms in total. The number of hydrogen-bond donors (Lipinski definition) is 0. The fourth-order valence-corrected chi connectivity index (χ4v) is 3.89. The van der Waals surface area contributed by atoms with Crippen LogP contribution in [0.4, 0.5) is 0 Å². The lowest BCUT2D eigenvalue weighted by atomic mass is 10.0. The fraction of sp³-hybridized carbons (Fsp3) is 0.350. The summed E-state index contributed by atoms with van der Waals surface area (Å²) in [5.74, 6) is 2.45. The van der Waals surface area contributed by atoms with Gasteiger partial charge in [-0.05, 0) is 40.6 Å². The maximum atomic E-state index is 5.79. The van der Waals surface area contributed by atoms with Crippen LogP contribution in [0.3, 0.4) is 0 Å². The van der Waals surface area contributed by atoms with E-state index in [1.54, 1.807) is 0 Å². The van der Waals surface area contributed by atoms with Gasteiger partial charge in [0.1, 0.15) is 13.2 Å². The number of aromatic nitrogens is 4. The standard InChI is InChI=1S/C20H21N5O2/c1-14-3-2-4-15(11-14)13-24-7-8-25-20(21-22-23-25)19(24)16-5-6-17-18(12-16)27-10-9-26-17/h2-6,11-12,19H,7-10,13H2,1H3. The van der Waals surface area contributed by atoms with E-state index >= 15 is 0 Å². The molecule has 2 aliphatic rings. The lowest BCUT2D eigenvalue weighted by molar-refractivity contribution is 0.159. The average molecular weight is 363 g/mol. The second-order valence-corrected chi connectivity index (χ2v) is 7.03. The molecule has 138 valence electrons. The predicted molar refractivity (Wildman–Crippen MR) is 98.7 cm³/mol. The fourth-order valence-electron chi connectivity index (χ4n) is 3.89. The maximum absolute atomic E-state index is 5.79. The van der Waals surface area contributed by atoms with E-state index in [0.29, 0.717) is 13.2 Å². The van der Waals surface area contributed by atoms with Gasteiger partial charge < -0.3 is 9.47 Å². The topological polar surface area (TPSA) is 65.3 Å². The predicted octanol–water partition coefficient (Wildman–Crippen LogP) is 2.36. The van der Waals surface area contributed by atoms with Crippen LogP contribution in [-0.2, 0) is 13.1 Å². The molecule has 0 amide bonds. The highest BCUT2D eigenvalue weighted by molar-refractivity contribution is 5.45. The van der Waals surface area contributed by atoms with Crippen molar-refractivity contribution in [1.29, 1.82) is 0 Å². The Labute approximate surface area is 157 Å². The van der Waals surface area contributed by atoms with E-state index < -0.39 is 0 Å². The van der Waals surface area contributed by atoms with Crippen molar-refractivity contribution in [2.45, 2.75) is 26.1 Å². The van der Waals surface area contributed by atoms with Crippen LogP contribution in [0.25, 0.3) is 0 Å². The summed E-state index contributed by atoms with van der Waals surface area (Å²) in [5, 5.41) is 12.4. The average Bonchev–Trinajstić information content (AvgIpc) is 3.16. The van der Waals surface area contributed by atoms with Crippen molar-refractivity contribution in [3.8, 4) is 11.5 Å². The molecule has 0 spiro atoms.